The second kappa shape index (κ2) is 7.13. The van der Waals surface area contributed by atoms with Crippen molar-refractivity contribution in [3.63, 3.8) is 0 Å². The molecule has 1 unspecified atom stereocenters. The summed E-state index contributed by atoms with van der Waals surface area (Å²) >= 11 is 12.4. The Labute approximate surface area is 124 Å². The van der Waals surface area contributed by atoms with Crippen LogP contribution in [0.4, 0.5) is 0 Å². The number of aromatic nitrogens is 2. The third kappa shape index (κ3) is 3.85. The molecule has 1 heterocycles. The molecule has 0 radical (unpaired) electrons. The number of rotatable bonds is 5. The molecule has 1 aromatic rings. The van der Waals surface area contributed by atoms with E-state index < -0.39 is 0 Å². The Balaban J connectivity index is 3.11. The van der Waals surface area contributed by atoms with E-state index in [2.05, 4.69) is 5.10 Å². The highest BCUT2D eigenvalue weighted by Crippen LogP contribution is 2.25. The van der Waals surface area contributed by atoms with Crippen molar-refractivity contribution in [3.05, 3.63) is 34.1 Å². The quantitative estimate of drug-likeness (QED) is 0.826. The van der Waals surface area contributed by atoms with Crippen LogP contribution in [0.15, 0.2) is 22.9 Å². The zero-order valence-electron chi connectivity index (χ0n) is 11.7. The van der Waals surface area contributed by atoms with E-state index in [-0.39, 0.29) is 12.5 Å². The Morgan fingerprint density at radius 2 is 2.16 bits per heavy atom. The van der Waals surface area contributed by atoms with E-state index in [9.17, 15) is 5.11 Å². The molecule has 1 N–H and O–H groups in total. The zero-order valence-corrected chi connectivity index (χ0v) is 13.3. The minimum absolute atomic E-state index is 0.0432. The van der Waals surface area contributed by atoms with E-state index in [0.717, 1.165) is 23.3 Å². The van der Waals surface area contributed by atoms with Gasteiger partial charge in [0, 0.05) is 23.3 Å². The minimum Gasteiger partial charge on any atom is -0.396 e. The Bertz CT molecular complexity index is 504. The molecule has 1 atom stereocenters. The topological polar surface area (TPSA) is 38.0 Å². The van der Waals surface area contributed by atoms with E-state index >= 15 is 0 Å². The van der Waals surface area contributed by atoms with Crippen molar-refractivity contribution in [2.24, 2.45) is 0 Å². The van der Waals surface area contributed by atoms with Crippen molar-refractivity contribution in [2.75, 3.05) is 6.61 Å². The van der Waals surface area contributed by atoms with Crippen LogP contribution in [0.2, 0.25) is 0 Å². The lowest BCUT2D eigenvalue weighted by molar-refractivity contribution is 0.272. The van der Waals surface area contributed by atoms with Crippen LogP contribution in [0.3, 0.4) is 0 Å². The Morgan fingerprint density at radius 1 is 1.53 bits per heavy atom. The Kier molecular flexibility index (Phi) is 6.11. The number of hydrogen-bond donors (Lipinski definition) is 1. The molecule has 5 heteroatoms. The van der Waals surface area contributed by atoms with Gasteiger partial charge in [-0.05, 0) is 31.9 Å². The lowest BCUT2D eigenvalue weighted by Gasteiger charge is -2.08. The summed E-state index contributed by atoms with van der Waals surface area (Å²) in [6.45, 7) is 7.97. The van der Waals surface area contributed by atoms with Gasteiger partial charge in [0.15, 0.2) is 0 Å². The Hall–Kier alpha value is -0.770. The summed E-state index contributed by atoms with van der Waals surface area (Å²) in [5.74, 6) is 0.0432. The SMILES string of the molecule is CC/C(C)=C(Cl)\C=C(\Cl)n1ncc(C(C)CO)c1C. The molecule has 1 aromatic heterocycles. The molecular weight excluding hydrogens is 283 g/mol. The van der Waals surface area contributed by atoms with Crippen molar-refractivity contribution >= 4 is 28.4 Å². The third-order valence-corrected chi connectivity index (χ3v) is 3.94. The summed E-state index contributed by atoms with van der Waals surface area (Å²) in [4.78, 5) is 0. The molecule has 0 saturated carbocycles. The largest absolute Gasteiger partial charge is 0.396 e. The van der Waals surface area contributed by atoms with Crippen molar-refractivity contribution in [2.45, 2.75) is 40.0 Å². The van der Waals surface area contributed by atoms with Gasteiger partial charge in [-0.25, -0.2) is 4.68 Å². The van der Waals surface area contributed by atoms with E-state index in [0.29, 0.717) is 10.2 Å². The average molecular weight is 303 g/mol. The number of nitrogens with zero attached hydrogens (tertiary/aromatic N) is 2. The van der Waals surface area contributed by atoms with Crippen LogP contribution < -0.4 is 0 Å². The van der Waals surface area contributed by atoms with Gasteiger partial charge in [-0.15, -0.1) is 0 Å². The van der Waals surface area contributed by atoms with Gasteiger partial charge in [0.1, 0.15) is 5.16 Å². The summed E-state index contributed by atoms with van der Waals surface area (Å²) in [6, 6.07) is 0. The fraction of sp³-hybridized carbons (Fsp3) is 0.500. The van der Waals surface area contributed by atoms with Gasteiger partial charge >= 0.3 is 0 Å². The van der Waals surface area contributed by atoms with Gasteiger partial charge in [0.2, 0.25) is 0 Å². The van der Waals surface area contributed by atoms with Crippen molar-refractivity contribution in [3.8, 4) is 0 Å². The highest BCUT2D eigenvalue weighted by atomic mass is 35.5. The summed E-state index contributed by atoms with van der Waals surface area (Å²) in [5.41, 5.74) is 2.98. The molecule has 0 amide bonds. The fourth-order valence-corrected chi connectivity index (χ4v) is 2.25. The van der Waals surface area contributed by atoms with Crippen molar-refractivity contribution in [1.29, 1.82) is 0 Å². The molecule has 0 aromatic carbocycles. The van der Waals surface area contributed by atoms with Crippen LogP contribution in [0, 0.1) is 6.92 Å². The Morgan fingerprint density at radius 3 is 2.68 bits per heavy atom. The highest BCUT2D eigenvalue weighted by Gasteiger charge is 2.14. The van der Waals surface area contributed by atoms with Crippen LogP contribution in [-0.4, -0.2) is 21.5 Å². The molecule has 19 heavy (non-hydrogen) atoms. The van der Waals surface area contributed by atoms with E-state index in [4.69, 9.17) is 23.2 Å². The molecule has 0 fully saturated rings. The predicted molar refractivity (Wildman–Crippen MR) is 81.4 cm³/mol. The van der Waals surface area contributed by atoms with Crippen LogP contribution in [0.5, 0.6) is 0 Å². The van der Waals surface area contributed by atoms with Crippen LogP contribution in [0.1, 0.15) is 44.4 Å². The summed E-state index contributed by atoms with van der Waals surface area (Å²) in [6.07, 6.45) is 4.32. The van der Waals surface area contributed by atoms with Gasteiger partial charge in [-0.3, -0.25) is 0 Å². The monoisotopic (exact) mass is 302 g/mol. The lowest BCUT2D eigenvalue weighted by atomic mass is 10.0. The molecule has 1 rings (SSSR count). The van der Waals surface area contributed by atoms with Gasteiger partial charge < -0.3 is 5.11 Å². The number of allylic oxidation sites excluding steroid dienone is 3. The van der Waals surface area contributed by atoms with Gasteiger partial charge in [0.25, 0.3) is 0 Å². The number of aliphatic hydroxyl groups is 1. The van der Waals surface area contributed by atoms with E-state index in [1.54, 1.807) is 17.0 Å². The van der Waals surface area contributed by atoms with Gasteiger partial charge in [-0.2, -0.15) is 5.10 Å². The van der Waals surface area contributed by atoms with Crippen molar-refractivity contribution in [1.82, 2.24) is 9.78 Å². The standard InChI is InChI=1S/C14H20Cl2N2O/c1-5-9(2)13(15)6-14(16)18-11(4)12(7-17-18)10(3)8-19/h6-7,10,19H,5,8H2,1-4H3/b13-9+,14-6-. The molecular formula is C14H20Cl2N2O. The first-order chi connectivity index (χ1) is 8.92. The van der Waals surface area contributed by atoms with Gasteiger partial charge in [0.05, 0.1) is 6.20 Å². The van der Waals surface area contributed by atoms with Crippen molar-refractivity contribution < 1.29 is 5.11 Å². The first-order valence-electron chi connectivity index (χ1n) is 6.30. The fourth-order valence-electron chi connectivity index (χ4n) is 1.68. The number of halogens is 2. The normalized spacial score (nSPS) is 15.4. The lowest BCUT2D eigenvalue weighted by Crippen LogP contribution is -2.02. The summed E-state index contributed by atoms with van der Waals surface area (Å²) in [5, 5.41) is 14.5. The highest BCUT2D eigenvalue weighted by molar-refractivity contribution is 6.46. The molecule has 0 spiro atoms. The summed E-state index contributed by atoms with van der Waals surface area (Å²) < 4.78 is 1.63. The third-order valence-electron chi connectivity index (χ3n) is 3.24. The smallest absolute Gasteiger partial charge is 0.132 e. The first-order valence-corrected chi connectivity index (χ1v) is 7.06. The first kappa shape index (κ1) is 16.3. The number of hydrogen-bond acceptors (Lipinski definition) is 2. The van der Waals surface area contributed by atoms with Gasteiger partial charge in [-0.1, -0.05) is 42.6 Å². The maximum Gasteiger partial charge on any atom is 0.132 e. The molecule has 0 aliphatic rings. The van der Waals surface area contributed by atoms with Crippen LogP contribution in [0.25, 0.3) is 5.16 Å². The molecule has 3 nitrogen and oxygen atoms in total. The average Bonchev–Trinajstić information content (AvgIpc) is 2.78. The van der Waals surface area contributed by atoms with E-state index in [1.807, 2.05) is 27.7 Å². The molecule has 106 valence electrons. The van der Waals surface area contributed by atoms with Crippen LogP contribution >= 0.6 is 23.2 Å². The maximum absolute atomic E-state index is 9.20. The molecule has 0 aliphatic heterocycles. The molecule has 0 aliphatic carbocycles. The number of aliphatic hydroxyl groups excluding tert-OH is 1. The molecule has 0 bridgehead atoms. The zero-order chi connectivity index (χ0) is 14.6. The molecule has 0 saturated heterocycles. The van der Waals surface area contributed by atoms with E-state index in [1.165, 1.54) is 0 Å². The summed E-state index contributed by atoms with van der Waals surface area (Å²) in [7, 11) is 0. The maximum atomic E-state index is 9.20. The predicted octanol–water partition coefficient (Wildman–Crippen LogP) is 4.25. The van der Waals surface area contributed by atoms with Crippen LogP contribution in [-0.2, 0) is 0 Å². The second-order valence-corrected chi connectivity index (χ2v) is 5.42. The minimum atomic E-state index is 0.0432. The second-order valence-electron chi connectivity index (χ2n) is 4.63.